The van der Waals surface area contributed by atoms with E-state index in [1.807, 2.05) is 6.20 Å². The number of aromatic nitrogens is 1. The lowest BCUT2D eigenvalue weighted by molar-refractivity contribution is 0.318. The number of nitrogens with zero attached hydrogens (tertiary/aromatic N) is 2. The van der Waals surface area contributed by atoms with Crippen LogP contribution in [0, 0.1) is 5.92 Å². The standard InChI is InChI=1S/C16H24BrN3/c1-2-20(11-12-4-3-5-12)16-13(8-14(17)10-19-16)9-18-15-6-7-15/h8,10,12,15,18H,2-7,9,11H2,1H3. The summed E-state index contributed by atoms with van der Waals surface area (Å²) in [5.41, 5.74) is 1.33. The number of nitrogens with one attached hydrogen (secondary N) is 1. The third-order valence-corrected chi connectivity index (χ3v) is 4.89. The largest absolute Gasteiger partial charge is 0.356 e. The maximum absolute atomic E-state index is 4.70. The molecule has 0 spiro atoms. The number of halogens is 1. The molecule has 20 heavy (non-hydrogen) atoms. The van der Waals surface area contributed by atoms with Gasteiger partial charge in [0.25, 0.3) is 0 Å². The van der Waals surface area contributed by atoms with Crippen molar-refractivity contribution in [3.8, 4) is 0 Å². The van der Waals surface area contributed by atoms with Gasteiger partial charge in [0.15, 0.2) is 0 Å². The highest BCUT2D eigenvalue weighted by Gasteiger charge is 2.24. The van der Waals surface area contributed by atoms with Crippen LogP contribution in [-0.4, -0.2) is 24.1 Å². The summed E-state index contributed by atoms with van der Waals surface area (Å²) in [4.78, 5) is 7.16. The molecule has 1 N–H and O–H groups in total. The molecule has 3 nitrogen and oxygen atoms in total. The van der Waals surface area contributed by atoms with E-state index in [1.54, 1.807) is 0 Å². The Hall–Kier alpha value is -0.610. The monoisotopic (exact) mass is 337 g/mol. The molecule has 2 aliphatic carbocycles. The van der Waals surface area contributed by atoms with Crippen LogP contribution in [0.3, 0.4) is 0 Å². The second-order valence-electron chi connectivity index (χ2n) is 6.13. The van der Waals surface area contributed by atoms with Crippen molar-refractivity contribution in [1.29, 1.82) is 0 Å². The van der Waals surface area contributed by atoms with Crippen LogP contribution >= 0.6 is 15.9 Å². The molecule has 4 heteroatoms. The van der Waals surface area contributed by atoms with Gasteiger partial charge in [0.05, 0.1) is 0 Å². The molecule has 0 amide bonds. The average Bonchev–Trinajstić information content (AvgIpc) is 3.20. The average molecular weight is 338 g/mol. The Morgan fingerprint density at radius 3 is 2.75 bits per heavy atom. The van der Waals surface area contributed by atoms with Gasteiger partial charge in [0.2, 0.25) is 0 Å². The molecule has 2 saturated carbocycles. The first-order valence-electron chi connectivity index (χ1n) is 7.89. The molecule has 0 unspecified atom stereocenters. The fourth-order valence-electron chi connectivity index (χ4n) is 2.78. The van der Waals surface area contributed by atoms with Crippen molar-refractivity contribution < 1.29 is 0 Å². The van der Waals surface area contributed by atoms with Crippen molar-refractivity contribution in [2.24, 2.45) is 5.92 Å². The number of pyridine rings is 1. The van der Waals surface area contributed by atoms with Crippen LogP contribution in [0.5, 0.6) is 0 Å². The molecule has 0 saturated heterocycles. The number of hydrogen-bond donors (Lipinski definition) is 1. The molecule has 2 aliphatic rings. The first-order valence-corrected chi connectivity index (χ1v) is 8.68. The highest BCUT2D eigenvalue weighted by atomic mass is 79.9. The summed E-state index contributed by atoms with van der Waals surface area (Å²) in [5, 5.41) is 3.61. The van der Waals surface area contributed by atoms with Crippen molar-refractivity contribution in [2.45, 2.75) is 51.6 Å². The van der Waals surface area contributed by atoms with Crippen molar-refractivity contribution in [2.75, 3.05) is 18.0 Å². The number of anilines is 1. The van der Waals surface area contributed by atoms with Gasteiger partial charge in [-0.2, -0.15) is 0 Å². The minimum absolute atomic E-state index is 0.739. The van der Waals surface area contributed by atoms with E-state index in [2.05, 4.69) is 39.1 Å². The lowest BCUT2D eigenvalue weighted by Gasteiger charge is -2.33. The molecule has 3 rings (SSSR count). The Morgan fingerprint density at radius 2 is 2.15 bits per heavy atom. The first kappa shape index (κ1) is 14.3. The molecule has 1 aromatic rings. The van der Waals surface area contributed by atoms with E-state index in [0.717, 1.165) is 29.5 Å². The van der Waals surface area contributed by atoms with E-state index in [9.17, 15) is 0 Å². The van der Waals surface area contributed by atoms with E-state index < -0.39 is 0 Å². The second kappa shape index (κ2) is 6.44. The molecule has 0 aliphatic heterocycles. The van der Waals surface area contributed by atoms with Crippen LogP contribution in [0.25, 0.3) is 0 Å². The van der Waals surface area contributed by atoms with Crippen molar-refractivity contribution >= 4 is 21.7 Å². The highest BCUT2D eigenvalue weighted by molar-refractivity contribution is 9.10. The third-order valence-electron chi connectivity index (χ3n) is 4.45. The van der Waals surface area contributed by atoms with Crippen LogP contribution in [-0.2, 0) is 6.54 Å². The van der Waals surface area contributed by atoms with E-state index in [0.29, 0.717) is 0 Å². The zero-order chi connectivity index (χ0) is 13.9. The molecular formula is C16H24BrN3. The van der Waals surface area contributed by atoms with Crippen LogP contribution < -0.4 is 10.2 Å². The lowest BCUT2D eigenvalue weighted by atomic mass is 9.85. The fraction of sp³-hybridized carbons (Fsp3) is 0.688. The molecule has 0 radical (unpaired) electrons. The fourth-order valence-corrected chi connectivity index (χ4v) is 3.16. The summed E-state index contributed by atoms with van der Waals surface area (Å²) < 4.78 is 1.08. The molecule has 1 heterocycles. The topological polar surface area (TPSA) is 28.2 Å². The Labute approximate surface area is 130 Å². The van der Waals surface area contributed by atoms with Gasteiger partial charge in [0.1, 0.15) is 5.82 Å². The predicted molar refractivity (Wildman–Crippen MR) is 87.0 cm³/mol. The summed E-state index contributed by atoms with van der Waals surface area (Å²) in [6.45, 7) is 5.39. The lowest BCUT2D eigenvalue weighted by Crippen LogP contribution is -2.34. The second-order valence-corrected chi connectivity index (χ2v) is 7.04. The number of hydrogen-bond acceptors (Lipinski definition) is 3. The zero-order valence-corrected chi connectivity index (χ0v) is 13.8. The first-order chi connectivity index (χ1) is 9.76. The van der Waals surface area contributed by atoms with Crippen LogP contribution in [0.4, 0.5) is 5.82 Å². The van der Waals surface area contributed by atoms with Gasteiger partial charge in [-0.05, 0) is 60.5 Å². The van der Waals surface area contributed by atoms with Crippen molar-refractivity contribution in [3.05, 3.63) is 22.3 Å². The maximum atomic E-state index is 4.70. The Kier molecular flexibility index (Phi) is 4.61. The zero-order valence-electron chi connectivity index (χ0n) is 12.2. The van der Waals surface area contributed by atoms with Gasteiger partial charge in [-0.15, -0.1) is 0 Å². The van der Waals surface area contributed by atoms with Gasteiger partial charge in [-0.3, -0.25) is 0 Å². The van der Waals surface area contributed by atoms with E-state index in [4.69, 9.17) is 4.98 Å². The molecule has 0 atom stereocenters. The van der Waals surface area contributed by atoms with Crippen molar-refractivity contribution in [1.82, 2.24) is 10.3 Å². The summed E-state index contributed by atoms with van der Waals surface area (Å²) in [6, 6.07) is 2.96. The molecule has 0 bridgehead atoms. The van der Waals surface area contributed by atoms with Gasteiger partial charge in [0, 0.05) is 41.9 Å². The Bertz CT molecular complexity index is 455. The maximum Gasteiger partial charge on any atom is 0.133 e. The predicted octanol–water partition coefficient (Wildman–Crippen LogP) is 3.72. The summed E-state index contributed by atoms with van der Waals surface area (Å²) in [7, 11) is 0. The van der Waals surface area contributed by atoms with E-state index in [1.165, 1.54) is 50.0 Å². The minimum Gasteiger partial charge on any atom is -0.356 e. The Balaban J connectivity index is 1.73. The summed E-state index contributed by atoms with van der Waals surface area (Å²) in [5.74, 6) is 2.06. The third kappa shape index (κ3) is 3.53. The van der Waals surface area contributed by atoms with Gasteiger partial charge < -0.3 is 10.2 Å². The van der Waals surface area contributed by atoms with Gasteiger partial charge >= 0.3 is 0 Å². The SMILES string of the molecule is CCN(CC1CCC1)c1ncc(Br)cc1CNC1CC1. The van der Waals surface area contributed by atoms with Crippen molar-refractivity contribution in [3.63, 3.8) is 0 Å². The summed E-state index contributed by atoms with van der Waals surface area (Å²) >= 11 is 3.56. The number of rotatable bonds is 7. The highest BCUT2D eigenvalue weighted by Crippen LogP contribution is 2.30. The van der Waals surface area contributed by atoms with Gasteiger partial charge in [-0.25, -0.2) is 4.98 Å². The van der Waals surface area contributed by atoms with Crippen LogP contribution in [0.15, 0.2) is 16.7 Å². The van der Waals surface area contributed by atoms with E-state index in [-0.39, 0.29) is 0 Å². The van der Waals surface area contributed by atoms with E-state index >= 15 is 0 Å². The molecule has 1 aromatic heterocycles. The Morgan fingerprint density at radius 1 is 1.35 bits per heavy atom. The molecule has 2 fully saturated rings. The summed E-state index contributed by atoms with van der Waals surface area (Å²) in [6.07, 6.45) is 8.78. The quantitative estimate of drug-likeness (QED) is 0.821. The van der Waals surface area contributed by atoms with Crippen LogP contribution in [0.1, 0.15) is 44.6 Å². The molecule has 0 aromatic carbocycles. The van der Waals surface area contributed by atoms with Gasteiger partial charge in [-0.1, -0.05) is 6.42 Å². The molecule has 110 valence electrons. The molecular weight excluding hydrogens is 314 g/mol. The van der Waals surface area contributed by atoms with Crippen LogP contribution in [0.2, 0.25) is 0 Å². The minimum atomic E-state index is 0.739. The normalized spacial score (nSPS) is 18.9. The smallest absolute Gasteiger partial charge is 0.133 e.